The number of carbonyl (C=O) groups is 1. The first-order valence-corrected chi connectivity index (χ1v) is 6.89. The van der Waals surface area contributed by atoms with Crippen molar-refractivity contribution in [3.05, 3.63) is 53.1 Å². The van der Waals surface area contributed by atoms with E-state index < -0.39 is 0 Å². The molecule has 5 heteroatoms. The van der Waals surface area contributed by atoms with Crippen molar-refractivity contribution in [2.24, 2.45) is 0 Å². The number of hydrogen-bond donors (Lipinski definition) is 1. The first-order chi connectivity index (χ1) is 10.1. The fourth-order valence-corrected chi connectivity index (χ4v) is 2.10. The van der Waals surface area contributed by atoms with Crippen LogP contribution in [0.3, 0.4) is 0 Å². The van der Waals surface area contributed by atoms with Crippen LogP contribution < -0.4 is 14.8 Å². The number of methoxy groups -OCH3 is 1. The van der Waals surface area contributed by atoms with Crippen LogP contribution in [0.25, 0.3) is 0 Å². The molecule has 0 unspecified atom stereocenters. The number of halogens is 1. The number of anilines is 1. The number of ether oxygens (including phenoxy) is 2. The van der Waals surface area contributed by atoms with Crippen LogP contribution >= 0.6 is 11.6 Å². The molecule has 2 aromatic rings. The third-order valence-corrected chi connectivity index (χ3v) is 3.11. The minimum atomic E-state index is -0.224. The first kappa shape index (κ1) is 15.2. The highest BCUT2D eigenvalue weighted by atomic mass is 35.5. The summed E-state index contributed by atoms with van der Waals surface area (Å²) in [4.78, 5) is 12.2. The Hall–Kier alpha value is -2.20. The standard InChI is InChI=1S/C16H16ClNO3/c1-3-21-13-6-4-5-11(9-13)16(19)18-12-7-8-15(20-2)14(17)10-12/h4-10H,3H2,1-2H3,(H,18,19). The molecule has 0 aliphatic carbocycles. The van der Waals surface area contributed by atoms with E-state index in [0.717, 1.165) is 0 Å². The highest BCUT2D eigenvalue weighted by molar-refractivity contribution is 6.32. The molecule has 0 bridgehead atoms. The van der Waals surface area contributed by atoms with Crippen molar-refractivity contribution in [3.8, 4) is 11.5 Å². The summed E-state index contributed by atoms with van der Waals surface area (Å²) in [6.45, 7) is 2.45. The number of carbonyl (C=O) groups excluding carboxylic acids is 1. The number of rotatable bonds is 5. The fourth-order valence-electron chi connectivity index (χ4n) is 1.84. The Labute approximate surface area is 128 Å². The smallest absolute Gasteiger partial charge is 0.255 e. The summed E-state index contributed by atoms with van der Waals surface area (Å²) in [6, 6.07) is 12.1. The Morgan fingerprint density at radius 3 is 2.71 bits per heavy atom. The molecule has 1 amide bonds. The van der Waals surface area contributed by atoms with Gasteiger partial charge in [-0.1, -0.05) is 17.7 Å². The Kier molecular flexibility index (Phi) is 5.06. The number of hydrogen-bond acceptors (Lipinski definition) is 3. The number of benzene rings is 2. The normalized spacial score (nSPS) is 10.0. The molecule has 0 radical (unpaired) electrons. The lowest BCUT2D eigenvalue weighted by Gasteiger charge is -2.09. The van der Waals surface area contributed by atoms with Crippen LogP contribution in [0.1, 0.15) is 17.3 Å². The zero-order chi connectivity index (χ0) is 15.2. The van der Waals surface area contributed by atoms with Crippen LogP contribution in [0.5, 0.6) is 11.5 Å². The average Bonchev–Trinajstić information content (AvgIpc) is 2.48. The van der Waals surface area contributed by atoms with E-state index in [-0.39, 0.29) is 5.91 Å². The number of amides is 1. The quantitative estimate of drug-likeness (QED) is 0.908. The molecule has 4 nitrogen and oxygen atoms in total. The van der Waals surface area contributed by atoms with Crippen molar-refractivity contribution in [2.45, 2.75) is 6.92 Å². The summed E-state index contributed by atoms with van der Waals surface area (Å²) in [6.07, 6.45) is 0. The van der Waals surface area contributed by atoms with Crippen LogP contribution in [0, 0.1) is 0 Å². The summed E-state index contributed by atoms with van der Waals surface area (Å²) in [5.41, 5.74) is 1.13. The zero-order valence-corrected chi connectivity index (χ0v) is 12.6. The Morgan fingerprint density at radius 1 is 1.24 bits per heavy atom. The van der Waals surface area contributed by atoms with Gasteiger partial charge in [0.15, 0.2) is 0 Å². The second kappa shape index (κ2) is 6.99. The lowest BCUT2D eigenvalue weighted by atomic mass is 10.2. The molecular weight excluding hydrogens is 290 g/mol. The fraction of sp³-hybridized carbons (Fsp3) is 0.188. The number of nitrogens with one attached hydrogen (secondary N) is 1. The molecular formula is C16H16ClNO3. The van der Waals surface area contributed by atoms with Gasteiger partial charge >= 0.3 is 0 Å². The largest absolute Gasteiger partial charge is 0.495 e. The molecule has 1 N–H and O–H groups in total. The predicted molar refractivity (Wildman–Crippen MR) is 83.6 cm³/mol. The molecule has 0 aromatic heterocycles. The lowest BCUT2D eigenvalue weighted by Crippen LogP contribution is -2.12. The summed E-state index contributed by atoms with van der Waals surface area (Å²) in [7, 11) is 1.54. The van der Waals surface area contributed by atoms with Crippen molar-refractivity contribution < 1.29 is 14.3 Å². The lowest BCUT2D eigenvalue weighted by molar-refractivity contribution is 0.102. The van der Waals surface area contributed by atoms with Gasteiger partial charge < -0.3 is 14.8 Å². The van der Waals surface area contributed by atoms with Gasteiger partial charge in [-0.05, 0) is 43.3 Å². The summed E-state index contributed by atoms with van der Waals surface area (Å²) in [5, 5.41) is 3.23. The molecule has 0 atom stereocenters. The summed E-state index contributed by atoms with van der Waals surface area (Å²) in [5.74, 6) is 1.00. The Bertz CT molecular complexity index is 643. The van der Waals surface area contributed by atoms with E-state index in [1.54, 1.807) is 43.5 Å². The highest BCUT2D eigenvalue weighted by Gasteiger charge is 2.09. The molecule has 0 saturated heterocycles. The second-order valence-electron chi connectivity index (χ2n) is 4.26. The van der Waals surface area contributed by atoms with Crippen molar-refractivity contribution in [2.75, 3.05) is 19.0 Å². The van der Waals surface area contributed by atoms with Gasteiger partial charge in [0.2, 0.25) is 0 Å². The molecule has 110 valence electrons. The van der Waals surface area contributed by atoms with Gasteiger partial charge in [0.05, 0.1) is 18.7 Å². The maximum absolute atomic E-state index is 12.2. The SMILES string of the molecule is CCOc1cccc(C(=O)Nc2ccc(OC)c(Cl)c2)c1. The molecule has 0 heterocycles. The maximum atomic E-state index is 12.2. The van der Waals surface area contributed by atoms with Gasteiger partial charge in [-0.2, -0.15) is 0 Å². The first-order valence-electron chi connectivity index (χ1n) is 6.51. The van der Waals surface area contributed by atoms with Crippen molar-refractivity contribution >= 4 is 23.2 Å². The van der Waals surface area contributed by atoms with Gasteiger partial charge in [-0.3, -0.25) is 4.79 Å². The summed E-state index contributed by atoms with van der Waals surface area (Å²) < 4.78 is 10.4. The van der Waals surface area contributed by atoms with Crippen LogP contribution in [0.4, 0.5) is 5.69 Å². The third-order valence-electron chi connectivity index (χ3n) is 2.82. The molecule has 2 aromatic carbocycles. The van der Waals surface area contributed by atoms with E-state index >= 15 is 0 Å². The van der Waals surface area contributed by atoms with Crippen LogP contribution in [-0.2, 0) is 0 Å². The van der Waals surface area contributed by atoms with Gasteiger partial charge in [-0.25, -0.2) is 0 Å². The zero-order valence-electron chi connectivity index (χ0n) is 11.9. The summed E-state index contributed by atoms with van der Waals surface area (Å²) >= 11 is 6.03. The highest BCUT2D eigenvalue weighted by Crippen LogP contribution is 2.27. The average molecular weight is 306 g/mol. The van der Waals surface area contributed by atoms with Crippen molar-refractivity contribution in [1.29, 1.82) is 0 Å². The maximum Gasteiger partial charge on any atom is 0.255 e. The minimum absolute atomic E-state index is 0.224. The van der Waals surface area contributed by atoms with Gasteiger partial charge in [0.1, 0.15) is 11.5 Å². The molecule has 2 rings (SSSR count). The predicted octanol–water partition coefficient (Wildman–Crippen LogP) is 4.00. The van der Waals surface area contributed by atoms with E-state index in [4.69, 9.17) is 21.1 Å². The monoisotopic (exact) mass is 305 g/mol. The van der Waals surface area contributed by atoms with Crippen LogP contribution in [0.15, 0.2) is 42.5 Å². The van der Waals surface area contributed by atoms with Crippen molar-refractivity contribution in [3.63, 3.8) is 0 Å². The van der Waals surface area contributed by atoms with Gasteiger partial charge in [-0.15, -0.1) is 0 Å². The third kappa shape index (κ3) is 3.89. The van der Waals surface area contributed by atoms with E-state index in [0.29, 0.717) is 34.4 Å². The minimum Gasteiger partial charge on any atom is -0.495 e. The molecule has 21 heavy (non-hydrogen) atoms. The van der Waals surface area contributed by atoms with Crippen molar-refractivity contribution in [1.82, 2.24) is 0 Å². The van der Waals surface area contributed by atoms with Crippen LogP contribution in [0.2, 0.25) is 5.02 Å². The topological polar surface area (TPSA) is 47.6 Å². The van der Waals surface area contributed by atoms with E-state index in [1.165, 1.54) is 0 Å². The van der Waals surface area contributed by atoms with Crippen LogP contribution in [-0.4, -0.2) is 19.6 Å². The molecule has 0 spiro atoms. The molecule has 0 aliphatic heterocycles. The second-order valence-corrected chi connectivity index (χ2v) is 4.67. The van der Waals surface area contributed by atoms with E-state index in [1.807, 2.05) is 13.0 Å². The van der Waals surface area contributed by atoms with Gasteiger partial charge in [0, 0.05) is 11.3 Å². The van der Waals surface area contributed by atoms with Gasteiger partial charge in [0.25, 0.3) is 5.91 Å². The Morgan fingerprint density at radius 2 is 2.05 bits per heavy atom. The van der Waals surface area contributed by atoms with E-state index in [9.17, 15) is 4.79 Å². The van der Waals surface area contributed by atoms with E-state index in [2.05, 4.69) is 5.32 Å². The molecule has 0 aliphatic rings. The Balaban J connectivity index is 2.14. The molecule has 0 fully saturated rings. The molecule has 0 saturated carbocycles.